The smallest absolute Gasteiger partial charge is 0.317 e. The maximum absolute atomic E-state index is 12.3. The molecule has 2 amide bonds. The monoisotopic (exact) mass is 335 g/mol. The molecule has 124 valence electrons. The molecule has 1 fully saturated rings. The Kier molecular flexibility index (Phi) is 4.92. The highest BCUT2D eigenvalue weighted by molar-refractivity contribution is 7.10. The summed E-state index contributed by atoms with van der Waals surface area (Å²) >= 11 is 1.73. The molecule has 7 nitrogen and oxygen atoms in total. The summed E-state index contributed by atoms with van der Waals surface area (Å²) in [6.45, 7) is 4.34. The van der Waals surface area contributed by atoms with Crippen molar-refractivity contribution in [3.63, 3.8) is 0 Å². The predicted molar refractivity (Wildman–Crippen MR) is 87.4 cm³/mol. The van der Waals surface area contributed by atoms with Crippen LogP contribution in [0.15, 0.2) is 17.8 Å². The lowest BCUT2D eigenvalue weighted by molar-refractivity contribution is -0.0214. The second-order valence-electron chi connectivity index (χ2n) is 5.61. The van der Waals surface area contributed by atoms with E-state index in [1.54, 1.807) is 22.6 Å². The van der Waals surface area contributed by atoms with Crippen LogP contribution < -0.4 is 5.32 Å². The van der Waals surface area contributed by atoms with Crippen LogP contribution in [0.25, 0.3) is 0 Å². The summed E-state index contributed by atoms with van der Waals surface area (Å²) in [7, 11) is 1.88. The fourth-order valence-corrected chi connectivity index (χ4v) is 3.54. The number of urea groups is 1. The third-order valence-corrected chi connectivity index (χ3v) is 5.07. The van der Waals surface area contributed by atoms with Crippen molar-refractivity contribution in [2.45, 2.75) is 19.4 Å². The van der Waals surface area contributed by atoms with E-state index in [0.29, 0.717) is 26.2 Å². The molecule has 8 heteroatoms. The van der Waals surface area contributed by atoms with Gasteiger partial charge in [-0.2, -0.15) is 0 Å². The molecular weight excluding hydrogens is 314 g/mol. The second kappa shape index (κ2) is 7.10. The summed E-state index contributed by atoms with van der Waals surface area (Å²) in [4.78, 5) is 15.4. The molecule has 0 saturated carbocycles. The Bertz CT molecular complexity index is 668. The number of carbonyl (C=O) groups is 1. The Morgan fingerprint density at radius 2 is 2.43 bits per heavy atom. The molecule has 0 aromatic carbocycles. The zero-order chi connectivity index (χ0) is 16.2. The fourth-order valence-electron chi connectivity index (χ4n) is 2.63. The van der Waals surface area contributed by atoms with Gasteiger partial charge >= 0.3 is 6.03 Å². The topological polar surface area (TPSA) is 72.3 Å². The van der Waals surface area contributed by atoms with Gasteiger partial charge in [-0.1, -0.05) is 0 Å². The molecule has 0 aliphatic carbocycles. The van der Waals surface area contributed by atoms with Gasteiger partial charge in [-0.3, -0.25) is 0 Å². The van der Waals surface area contributed by atoms with Crippen molar-refractivity contribution < 1.29 is 9.53 Å². The van der Waals surface area contributed by atoms with Crippen LogP contribution in [-0.2, 0) is 18.2 Å². The molecule has 0 bridgehead atoms. The summed E-state index contributed by atoms with van der Waals surface area (Å²) in [5.41, 5.74) is 1.29. The lowest BCUT2D eigenvalue weighted by Gasteiger charge is -2.32. The minimum atomic E-state index is -0.221. The summed E-state index contributed by atoms with van der Waals surface area (Å²) in [6, 6.07) is 2.06. The molecule has 1 aliphatic heterocycles. The van der Waals surface area contributed by atoms with Crippen molar-refractivity contribution >= 4 is 17.4 Å². The van der Waals surface area contributed by atoms with Crippen molar-refractivity contribution in [2.75, 3.05) is 26.2 Å². The summed E-state index contributed by atoms with van der Waals surface area (Å²) in [6.07, 6.45) is 2.29. The van der Waals surface area contributed by atoms with Crippen molar-refractivity contribution in [1.29, 1.82) is 0 Å². The van der Waals surface area contributed by atoms with E-state index >= 15 is 0 Å². The molecule has 1 saturated heterocycles. The molecule has 0 unspecified atom stereocenters. The molecule has 0 radical (unpaired) electrons. The van der Waals surface area contributed by atoms with Gasteiger partial charge in [0.1, 0.15) is 12.4 Å². The van der Waals surface area contributed by atoms with E-state index in [1.165, 1.54) is 10.4 Å². The Hall–Kier alpha value is -1.93. The molecule has 0 spiro atoms. The number of carbonyl (C=O) groups excluding carboxylic acids is 1. The van der Waals surface area contributed by atoms with Gasteiger partial charge in [0.2, 0.25) is 0 Å². The molecule has 2 aromatic rings. The summed E-state index contributed by atoms with van der Waals surface area (Å²) in [5, 5.41) is 13.0. The third-order valence-electron chi connectivity index (χ3n) is 3.98. The zero-order valence-corrected chi connectivity index (χ0v) is 14.2. The minimum absolute atomic E-state index is 0.0466. The Labute approximate surface area is 139 Å². The third kappa shape index (κ3) is 3.70. The van der Waals surface area contributed by atoms with E-state index in [9.17, 15) is 4.79 Å². The van der Waals surface area contributed by atoms with Crippen LogP contribution in [0.2, 0.25) is 0 Å². The number of ether oxygens (including phenoxy) is 1. The van der Waals surface area contributed by atoms with Crippen LogP contribution in [0.3, 0.4) is 0 Å². The van der Waals surface area contributed by atoms with Crippen molar-refractivity contribution in [2.24, 2.45) is 7.05 Å². The number of hydrogen-bond acceptors (Lipinski definition) is 5. The summed E-state index contributed by atoms with van der Waals surface area (Å²) in [5.74, 6) is 0.747. The first kappa shape index (κ1) is 15.9. The SMILES string of the molecule is Cc1ccsc1CCNC(=O)N1CCO[C@H](c2nncn2C)C1. The molecule has 3 heterocycles. The zero-order valence-electron chi connectivity index (χ0n) is 13.4. The van der Waals surface area contributed by atoms with E-state index < -0.39 is 0 Å². The highest BCUT2D eigenvalue weighted by atomic mass is 32.1. The maximum Gasteiger partial charge on any atom is 0.317 e. The van der Waals surface area contributed by atoms with Crippen LogP contribution in [0.5, 0.6) is 0 Å². The van der Waals surface area contributed by atoms with Gasteiger partial charge in [0.05, 0.1) is 13.2 Å². The average Bonchev–Trinajstić information content (AvgIpc) is 3.16. The number of aryl methyl sites for hydroxylation is 2. The number of hydrogen-bond donors (Lipinski definition) is 1. The highest BCUT2D eigenvalue weighted by Gasteiger charge is 2.28. The van der Waals surface area contributed by atoms with Crippen LogP contribution >= 0.6 is 11.3 Å². The van der Waals surface area contributed by atoms with Gasteiger partial charge in [-0.25, -0.2) is 4.79 Å². The lowest BCUT2D eigenvalue weighted by atomic mass is 10.2. The van der Waals surface area contributed by atoms with Crippen LogP contribution in [-0.4, -0.2) is 51.9 Å². The second-order valence-corrected chi connectivity index (χ2v) is 6.61. The number of thiophene rings is 1. The number of nitrogens with one attached hydrogen (secondary N) is 1. The molecule has 2 aromatic heterocycles. The molecule has 23 heavy (non-hydrogen) atoms. The van der Waals surface area contributed by atoms with E-state index in [1.807, 2.05) is 11.6 Å². The largest absolute Gasteiger partial charge is 0.366 e. The minimum Gasteiger partial charge on any atom is -0.366 e. The van der Waals surface area contributed by atoms with Gasteiger partial charge in [0, 0.05) is 25.0 Å². The number of morpholine rings is 1. The van der Waals surface area contributed by atoms with Gasteiger partial charge in [-0.05, 0) is 30.4 Å². The Morgan fingerprint density at radius 1 is 1.57 bits per heavy atom. The van der Waals surface area contributed by atoms with E-state index in [-0.39, 0.29) is 12.1 Å². The van der Waals surface area contributed by atoms with Crippen LogP contribution in [0.1, 0.15) is 22.4 Å². The van der Waals surface area contributed by atoms with Gasteiger partial charge in [0.15, 0.2) is 5.82 Å². The van der Waals surface area contributed by atoms with Gasteiger partial charge in [0.25, 0.3) is 0 Å². The molecule has 1 aliphatic rings. The normalized spacial score (nSPS) is 18.2. The first-order chi connectivity index (χ1) is 11.1. The van der Waals surface area contributed by atoms with Crippen molar-refractivity contribution in [3.8, 4) is 0 Å². The molecular formula is C15H21N5O2S. The molecule has 1 N–H and O–H groups in total. The first-order valence-corrected chi connectivity index (χ1v) is 8.54. The number of amides is 2. The standard InChI is InChI=1S/C15H21N5O2S/c1-11-4-8-23-13(11)3-5-16-15(21)20-6-7-22-12(9-20)14-18-17-10-19(14)2/h4,8,10,12H,3,5-7,9H2,1-2H3,(H,16,21)/t12-/m0/s1. The van der Waals surface area contributed by atoms with Gasteiger partial charge < -0.3 is 19.5 Å². The summed E-state index contributed by atoms with van der Waals surface area (Å²) < 4.78 is 7.54. The molecule has 3 rings (SSSR count). The van der Waals surface area contributed by atoms with E-state index in [2.05, 4.69) is 33.9 Å². The van der Waals surface area contributed by atoms with Crippen molar-refractivity contribution in [3.05, 3.63) is 34.0 Å². The van der Waals surface area contributed by atoms with Crippen LogP contribution in [0, 0.1) is 6.92 Å². The highest BCUT2D eigenvalue weighted by Crippen LogP contribution is 2.20. The quantitative estimate of drug-likeness (QED) is 0.919. The van der Waals surface area contributed by atoms with E-state index in [4.69, 9.17) is 4.74 Å². The van der Waals surface area contributed by atoms with Crippen LogP contribution in [0.4, 0.5) is 4.79 Å². The predicted octanol–water partition coefficient (Wildman–Crippen LogP) is 1.51. The average molecular weight is 335 g/mol. The number of nitrogens with zero attached hydrogens (tertiary/aromatic N) is 4. The first-order valence-electron chi connectivity index (χ1n) is 7.66. The Balaban J connectivity index is 1.51. The molecule has 1 atom stereocenters. The number of rotatable bonds is 4. The fraction of sp³-hybridized carbons (Fsp3) is 0.533. The van der Waals surface area contributed by atoms with Gasteiger partial charge in [-0.15, -0.1) is 21.5 Å². The maximum atomic E-state index is 12.3. The van der Waals surface area contributed by atoms with E-state index in [0.717, 1.165) is 12.2 Å². The van der Waals surface area contributed by atoms with Crippen molar-refractivity contribution in [1.82, 2.24) is 25.0 Å². The lowest BCUT2D eigenvalue weighted by Crippen LogP contribution is -2.47. The Morgan fingerprint density at radius 3 is 3.13 bits per heavy atom. The number of aromatic nitrogens is 3.